The standard InChI is InChI=1S/C16H23N5O4/c17-15(22)14-8-13(21(23)24)9-18-16(14)20-3-1-2-12(11-20)10-19-4-6-25-7-5-19/h8-9,12H,1-7,10-11H2,(H2,17,22). The van der Waals surface area contributed by atoms with Crippen molar-refractivity contribution in [3.05, 3.63) is 27.9 Å². The van der Waals surface area contributed by atoms with Crippen LogP contribution in [-0.4, -0.2) is 66.7 Å². The van der Waals surface area contributed by atoms with Gasteiger partial charge >= 0.3 is 0 Å². The number of rotatable bonds is 5. The van der Waals surface area contributed by atoms with Gasteiger partial charge in [0.15, 0.2) is 0 Å². The first kappa shape index (κ1) is 17.6. The summed E-state index contributed by atoms with van der Waals surface area (Å²) in [4.78, 5) is 30.7. The van der Waals surface area contributed by atoms with Gasteiger partial charge in [-0.1, -0.05) is 0 Å². The Bertz CT molecular complexity index is 647. The van der Waals surface area contributed by atoms with Crippen LogP contribution in [0.4, 0.5) is 11.5 Å². The van der Waals surface area contributed by atoms with Crippen LogP contribution in [0.3, 0.4) is 0 Å². The highest BCUT2D eigenvalue weighted by molar-refractivity contribution is 5.98. The summed E-state index contributed by atoms with van der Waals surface area (Å²) in [6.07, 6.45) is 3.30. The molecule has 9 nitrogen and oxygen atoms in total. The van der Waals surface area contributed by atoms with Crippen LogP contribution in [0.25, 0.3) is 0 Å². The van der Waals surface area contributed by atoms with Crippen molar-refractivity contribution in [2.24, 2.45) is 11.7 Å². The van der Waals surface area contributed by atoms with Gasteiger partial charge in [0.05, 0.1) is 23.7 Å². The monoisotopic (exact) mass is 349 g/mol. The quantitative estimate of drug-likeness (QED) is 0.612. The molecule has 0 spiro atoms. The zero-order chi connectivity index (χ0) is 17.8. The van der Waals surface area contributed by atoms with E-state index >= 15 is 0 Å². The molecule has 1 amide bonds. The van der Waals surface area contributed by atoms with Crippen LogP contribution in [0.15, 0.2) is 12.3 Å². The number of carbonyl (C=O) groups excluding carboxylic acids is 1. The predicted molar refractivity (Wildman–Crippen MR) is 91.6 cm³/mol. The van der Waals surface area contributed by atoms with Crippen molar-refractivity contribution in [1.29, 1.82) is 0 Å². The average Bonchev–Trinajstić information content (AvgIpc) is 2.62. The van der Waals surface area contributed by atoms with Crippen molar-refractivity contribution in [3.63, 3.8) is 0 Å². The van der Waals surface area contributed by atoms with Crippen molar-refractivity contribution in [3.8, 4) is 0 Å². The van der Waals surface area contributed by atoms with E-state index in [1.165, 1.54) is 12.3 Å². The molecular formula is C16H23N5O4. The van der Waals surface area contributed by atoms with Crippen LogP contribution in [0.2, 0.25) is 0 Å². The van der Waals surface area contributed by atoms with Crippen LogP contribution in [0.1, 0.15) is 23.2 Å². The molecule has 1 aromatic rings. The van der Waals surface area contributed by atoms with Crippen LogP contribution < -0.4 is 10.6 Å². The maximum atomic E-state index is 11.7. The van der Waals surface area contributed by atoms with Gasteiger partial charge in [0.2, 0.25) is 0 Å². The van der Waals surface area contributed by atoms with Gasteiger partial charge in [0.1, 0.15) is 12.0 Å². The Hall–Kier alpha value is -2.26. The highest BCUT2D eigenvalue weighted by Crippen LogP contribution is 2.27. The minimum Gasteiger partial charge on any atom is -0.379 e. The molecule has 3 heterocycles. The Morgan fingerprint density at radius 1 is 1.40 bits per heavy atom. The number of nitrogens with zero attached hydrogens (tertiary/aromatic N) is 4. The number of primary amides is 1. The molecule has 0 bridgehead atoms. The molecule has 2 fully saturated rings. The summed E-state index contributed by atoms with van der Waals surface area (Å²) in [6.45, 7) is 5.95. The number of amides is 1. The van der Waals surface area contributed by atoms with Crippen molar-refractivity contribution in [2.75, 3.05) is 50.8 Å². The number of nitrogens with two attached hydrogens (primary N) is 1. The number of pyridine rings is 1. The lowest BCUT2D eigenvalue weighted by Gasteiger charge is -2.37. The van der Waals surface area contributed by atoms with E-state index in [1.54, 1.807) is 0 Å². The summed E-state index contributed by atoms with van der Waals surface area (Å²) in [7, 11) is 0. The number of ether oxygens (including phenoxy) is 1. The Balaban J connectivity index is 1.74. The molecule has 2 saturated heterocycles. The SMILES string of the molecule is NC(=O)c1cc([N+](=O)[O-])cnc1N1CCCC(CN2CCOCC2)C1. The summed E-state index contributed by atoms with van der Waals surface area (Å²) < 4.78 is 5.38. The molecule has 9 heteroatoms. The van der Waals surface area contributed by atoms with E-state index < -0.39 is 10.8 Å². The first-order valence-electron chi connectivity index (χ1n) is 8.54. The van der Waals surface area contributed by atoms with Gasteiger partial charge in [0, 0.05) is 38.8 Å². The molecule has 2 aliphatic rings. The van der Waals surface area contributed by atoms with E-state index in [9.17, 15) is 14.9 Å². The lowest BCUT2D eigenvalue weighted by molar-refractivity contribution is -0.385. The normalized spacial score (nSPS) is 21.9. The van der Waals surface area contributed by atoms with Gasteiger partial charge in [-0.3, -0.25) is 19.8 Å². The second-order valence-corrected chi connectivity index (χ2v) is 6.55. The predicted octanol–water partition coefficient (Wildman–Crippen LogP) is 0.637. The maximum Gasteiger partial charge on any atom is 0.288 e. The molecule has 0 aromatic carbocycles. The van der Waals surface area contributed by atoms with Gasteiger partial charge in [-0.05, 0) is 18.8 Å². The highest BCUT2D eigenvalue weighted by atomic mass is 16.6. The van der Waals surface area contributed by atoms with Crippen LogP contribution in [0.5, 0.6) is 0 Å². The second kappa shape index (κ2) is 7.75. The number of aromatic nitrogens is 1. The van der Waals surface area contributed by atoms with Crippen LogP contribution >= 0.6 is 0 Å². The largest absolute Gasteiger partial charge is 0.379 e. The van der Waals surface area contributed by atoms with Gasteiger partial charge < -0.3 is 15.4 Å². The Morgan fingerprint density at radius 3 is 2.84 bits per heavy atom. The van der Waals surface area contributed by atoms with Gasteiger partial charge in [-0.15, -0.1) is 0 Å². The minimum absolute atomic E-state index is 0.112. The summed E-state index contributed by atoms with van der Waals surface area (Å²) in [6, 6.07) is 1.22. The third-order valence-corrected chi connectivity index (χ3v) is 4.77. The molecule has 0 radical (unpaired) electrons. The highest BCUT2D eigenvalue weighted by Gasteiger charge is 2.27. The molecule has 136 valence electrons. The van der Waals surface area contributed by atoms with E-state index in [0.717, 1.165) is 58.8 Å². The third-order valence-electron chi connectivity index (χ3n) is 4.77. The molecule has 25 heavy (non-hydrogen) atoms. The molecule has 3 rings (SSSR count). The fourth-order valence-corrected chi connectivity index (χ4v) is 3.54. The van der Waals surface area contributed by atoms with Gasteiger partial charge in [0.25, 0.3) is 11.6 Å². The molecule has 1 unspecified atom stereocenters. The summed E-state index contributed by atoms with van der Waals surface area (Å²) in [5, 5.41) is 10.9. The van der Waals surface area contributed by atoms with Crippen LogP contribution in [0, 0.1) is 16.0 Å². The lowest BCUT2D eigenvalue weighted by atomic mass is 9.96. The zero-order valence-corrected chi connectivity index (χ0v) is 14.1. The summed E-state index contributed by atoms with van der Waals surface area (Å²) >= 11 is 0. The van der Waals surface area contributed by atoms with Crippen molar-refractivity contribution in [2.45, 2.75) is 12.8 Å². The van der Waals surface area contributed by atoms with Gasteiger partial charge in [-0.2, -0.15) is 0 Å². The van der Waals surface area contributed by atoms with E-state index in [4.69, 9.17) is 10.5 Å². The number of hydrogen-bond donors (Lipinski definition) is 1. The molecule has 1 atom stereocenters. The van der Waals surface area contributed by atoms with E-state index in [2.05, 4.69) is 9.88 Å². The fraction of sp³-hybridized carbons (Fsp3) is 0.625. The number of anilines is 1. The van der Waals surface area contributed by atoms with Crippen molar-refractivity contribution < 1.29 is 14.5 Å². The number of hydrogen-bond acceptors (Lipinski definition) is 7. The first-order valence-corrected chi connectivity index (χ1v) is 8.54. The topological polar surface area (TPSA) is 115 Å². The van der Waals surface area contributed by atoms with Crippen LogP contribution in [-0.2, 0) is 4.74 Å². The van der Waals surface area contributed by atoms with Crippen molar-refractivity contribution >= 4 is 17.4 Å². The Labute approximate surface area is 145 Å². The fourth-order valence-electron chi connectivity index (χ4n) is 3.54. The number of nitro groups is 1. The molecular weight excluding hydrogens is 326 g/mol. The second-order valence-electron chi connectivity index (χ2n) is 6.55. The average molecular weight is 349 g/mol. The molecule has 2 aliphatic heterocycles. The van der Waals surface area contributed by atoms with Crippen molar-refractivity contribution in [1.82, 2.24) is 9.88 Å². The number of morpholine rings is 1. The molecule has 0 saturated carbocycles. The van der Waals surface area contributed by atoms with E-state index in [0.29, 0.717) is 11.7 Å². The zero-order valence-electron chi connectivity index (χ0n) is 14.1. The molecule has 2 N–H and O–H groups in total. The Kier molecular flexibility index (Phi) is 5.44. The number of carbonyl (C=O) groups is 1. The lowest BCUT2D eigenvalue weighted by Crippen LogP contribution is -2.45. The first-order chi connectivity index (χ1) is 12.0. The Morgan fingerprint density at radius 2 is 2.16 bits per heavy atom. The minimum atomic E-state index is -0.693. The van der Waals surface area contributed by atoms with E-state index in [1.807, 2.05) is 4.90 Å². The maximum absolute atomic E-state index is 11.7. The molecule has 0 aliphatic carbocycles. The molecule has 1 aromatic heterocycles. The number of piperidine rings is 1. The summed E-state index contributed by atoms with van der Waals surface area (Å²) in [5.74, 6) is 0.218. The van der Waals surface area contributed by atoms with E-state index in [-0.39, 0.29) is 11.3 Å². The summed E-state index contributed by atoms with van der Waals surface area (Å²) in [5.41, 5.74) is 5.31. The smallest absolute Gasteiger partial charge is 0.288 e. The third kappa shape index (κ3) is 4.23. The van der Waals surface area contributed by atoms with Gasteiger partial charge in [-0.25, -0.2) is 4.98 Å².